The fourth-order valence-corrected chi connectivity index (χ4v) is 1.54. The van der Waals surface area contributed by atoms with Gasteiger partial charge < -0.3 is 19.5 Å². The van der Waals surface area contributed by atoms with Crippen molar-refractivity contribution in [2.45, 2.75) is 52.2 Å². The minimum absolute atomic E-state index is 0.0933. The van der Waals surface area contributed by atoms with E-state index in [2.05, 4.69) is 18.7 Å². The molecule has 0 spiro atoms. The number of aliphatic hydroxyl groups is 1. The van der Waals surface area contributed by atoms with Gasteiger partial charge in [-0.2, -0.15) is 0 Å². The highest BCUT2D eigenvalue weighted by Gasteiger charge is 2.10. The molecule has 0 radical (unpaired) electrons. The first-order valence-electron chi connectivity index (χ1n) is 7.27. The highest BCUT2D eigenvalue weighted by Crippen LogP contribution is 2.05. The van der Waals surface area contributed by atoms with Crippen LogP contribution in [0.25, 0.3) is 0 Å². The average molecular weight is 261 g/mol. The van der Waals surface area contributed by atoms with E-state index < -0.39 is 0 Å². The fraction of sp³-hybridized carbons (Fsp3) is 1.00. The molecule has 18 heavy (non-hydrogen) atoms. The number of nitrogens with zero attached hydrogens (tertiary/aromatic N) is 1. The molecule has 0 rings (SSSR count). The van der Waals surface area contributed by atoms with E-state index in [1.807, 2.05) is 7.05 Å². The zero-order chi connectivity index (χ0) is 13.6. The first-order chi connectivity index (χ1) is 8.74. The number of likely N-dealkylation sites (N-methyl/N-ethyl adjacent to an activating group) is 1. The van der Waals surface area contributed by atoms with Crippen molar-refractivity contribution in [2.24, 2.45) is 0 Å². The van der Waals surface area contributed by atoms with Crippen LogP contribution >= 0.6 is 0 Å². The lowest BCUT2D eigenvalue weighted by Crippen LogP contribution is -2.29. The third kappa shape index (κ3) is 11.0. The van der Waals surface area contributed by atoms with E-state index in [1.54, 1.807) is 0 Å². The molecule has 0 unspecified atom stereocenters. The predicted octanol–water partition coefficient (Wildman–Crippen LogP) is 2.26. The van der Waals surface area contributed by atoms with Gasteiger partial charge in [0, 0.05) is 32.7 Å². The molecular weight excluding hydrogens is 230 g/mol. The van der Waals surface area contributed by atoms with E-state index in [0.29, 0.717) is 6.54 Å². The van der Waals surface area contributed by atoms with Gasteiger partial charge in [-0.1, -0.05) is 26.7 Å². The van der Waals surface area contributed by atoms with Gasteiger partial charge in [0.05, 0.1) is 6.61 Å². The second kappa shape index (κ2) is 13.3. The van der Waals surface area contributed by atoms with Crippen molar-refractivity contribution in [1.29, 1.82) is 0 Å². The number of ether oxygens (including phenoxy) is 2. The van der Waals surface area contributed by atoms with E-state index in [4.69, 9.17) is 14.6 Å². The van der Waals surface area contributed by atoms with Crippen molar-refractivity contribution in [3.63, 3.8) is 0 Å². The van der Waals surface area contributed by atoms with E-state index in [1.165, 1.54) is 0 Å². The van der Waals surface area contributed by atoms with E-state index in [0.717, 1.165) is 51.9 Å². The molecule has 0 saturated carbocycles. The summed E-state index contributed by atoms with van der Waals surface area (Å²) >= 11 is 0. The van der Waals surface area contributed by atoms with Gasteiger partial charge in [-0.15, -0.1) is 0 Å². The van der Waals surface area contributed by atoms with Crippen LogP contribution < -0.4 is 0 Å². The number of unbranched alkanes of at least 4 members (excludes halogenated alkanes) is 2. The van der Waals surface area contributed by atoms with Gasteiger partial charge >= 0.3 is 0 Å². The van der Waals surface area contributed by atoms with Crippen molar-refractivity contribution in [3.8, 4) is 0 Å². The third-order valence-electron chi connectivity index (χ3n) is 2.83. The predicted molar refractivity (Wildman–Crippen MR) is 74.7 cm³/mol. The molecule has 0 heterocycles. The SMILES string of the molecule is CCCCOC(CCN(C)CCO)OCCCC. The summed E-state index contributed by atoms with van der Waals surface area (Å²) in [6.07, 6.45) is 5.23. The molecule has 0 aliphatic carbocycles. The van der Waals surface area contributed by atoms with Gasteiger partial charge in [-0.05, 0) is 19.9 Å². The first-order valence-corrected chi connectivity index (χ1v) is 7.27. The van der Waals surface area contributed by atoms with E-state index >= 15 is 0 Å². The minimum Gasteiger partial charge on any atom is -0.395 e. The van der Waals surface area contributed by atoms with Crippen molar-refractivity contribution in [3.05, 3.63) is 0 Å². The van der Waals surface area contributed by atoms with Gasteiger partial charge in [-0.3, -0.25) is 0 Å². The molecule has 0 aliphatic heterocycles. The quantitative estimate of drug-likeness (QED) is 0.408. The van der Waals surface area contributed by atoms with Crippen LogP contribution in [0.5, 0.6) is 0 Å². The summed E-state index contributed by atoms with van der Waals surface area (Å²) in [5.74, 6) is 0. The van der Waals surface area contributed by atoms with Crippen molar-refractivity contribution in [2.75, 3.05) is 40.0 Å². The Balaban J connectivity index is 3.79. The average Bonchev–Trinajstić information content (AvgIpc) is 2.36. The molecule has 110 valence electrons. The van der Waals surface area contributed by atoms with Crippen LogP contribution in [0.3, 0.4) is 0 Å². The first kappa shape index (κ1) is 17.8. The highest BCUT2D eigenvalue weighted by molar-refractivity contribution is 4.54. The normalized spacial score (nSPS) is 11.7. The van der Waals surface area contributed by atoms with Gasteiger partial charge in [0.25, 0.3) is 0 Å². The van der Waals surface area contributed by atoms with Gasteiger partial charge in [0.1, 0.15) is 0 Å². The highest BCUT2D eigenvalue weighted by atomic mass is 16.7. The molecule has 0 bridgehead atoms. The second-order valence-electron chi connectivity index (χ2n) is 4.69. The van der Waals surface area contributed by atoms with Crippen LogP contribution in [0.4, 0.5) is 0 Å². The van der Waals surface area contributed by atoms with Gasteiger partial charge in [0.15, 0.2) is 6.29 Å². The Morgan fingerprint density at radius 1 is 1.00 bits per heavy atom. The molecule has 0 aliphatic rings. The summed E-state index contributed by atoms with van der Waals surface area (Å²) in [5, 5.41) is 8.84. The third-order valence-corrected chi connectivity index (χ3v) is 2.83. The van der Waals surface area contributed by atoms with Gasteiger partial charge in [0.2, 0.25) is 0 Å². The molecule has 4 nitrogen and oxygen atoms in total. The Labute approximate surface area is 112 Å². The van der Waals surface area contributed by atoms with Crippen molar-refractivity contribution in [1.82, 2.24) is 4.90 Å². The number of hydrogen-bond donors (Lipinski definition) is 1. The standard InChI is InChI=1S/C14H31NO3/c1-4-6-12-17-14(18-13-7-5-2)8-9-15(3)10-11-16/h14,16H,4-13H2,1-3H3. The summed E-state index contributed by atoms with van der Waals surface area (Å²) in [6, 6.07) is 0. The van der Waals surface area contributed by atoms with E-state index in [-0.39, 0.29) is 12.9 Å². The maximum absolute atomic E-state index is 8.84. The summed E-state index contributed by atoms with van der Waals surface area (Å²) in [4.78, 5) is 2.10. The molecule has 0 aromatic carbocycles. The number of rotatable bonds is 13. The smallest absolute Gasteiger partial charge is 0.158 e. The number of aliphatic hydroxyl groups excluding tert-OH is 1. The van der Waals surface area contributed by atoms with Crippen LogP contribution in [0.15, 0.2) is 0 Å². The molecule has 0 amide bonds. The largest absolute Gasteiger partial charge is 0.395 e. The van der Waals surface area contributed by atoms with Crippen LogP contribution in [-0.2, 0) is 9.47 Å². The molecule has 4 heteroatoms. The Bertz CT molecular complexity index is 157. The fourth-order valence-electron chi connectivity index (χ4n) is 1.54. The summed E-state index contributed by atoms with van der Waals surface area (Å²) in [7, 11) is 2.01. The zero-order valence-corrected chi connectivity index (χ0v) is 12.4. The number of hydrogen-bond acceptors (Lipinski definition) is 4. The van der Waals surface area contributed by atoms with Crippen molar-refractivity contribution < 1.29 is 14.6 Å². The Morgan fingerprint density at radius 2 is 1.56 bits per heavy atom. The molecule has 0 aromatic rings. The second-order valence-corrected chi connectivity index (χ2v) is 4.69. The zero-order valence-electron chi connectivity index (χ0n) is 12.4. The molecular formula is C14H31NO3. The van der Waals surface area contributed by atoms with Crippen molar-refractivity contribution >= 4 is 0 Å². The molecule has 0 fully saturated rings. The molecule has 0 atom stereocenters. The Morgan fingerprint density at radius 3 is 2.00 bits per heavy atom. The Hall–Kier alpha value is -0.160. The summed E-state index contributed by atoms with van der Waals surface area (Å²) in [5.41, 5.74) is 0. The van der Waals surface area contributed by atoms with Crippen LogP contribution in [0, 0.1) is 0 Å². The maximum Gasteiger partial charge on any atom is 0.158 e. The lowest BCUT2D eigenvalue weighted by molar-refractivity contribution is -0.148. The monoisotopic (exact) mass is 261 g/mol. The summed E-state index contributed by atoms with van der Waals surface area (Å²) < 4.78 is 11.5. The van der Waals surface area contributed by atoms with Crippen LogP contribution in [0.1, 0.15) is 46.0 Å². The van der Waals surface area contributed by atoms with Crippen LogP contribution in [-0.4, -0.2) is 56.3 Å². The van der Waals surface area contributed by atoms with Gasteiger partial charge in [-0.25, -0.2) is 0 Å². The Kier molecular flexibility index (Phi) is 13.2. The molecule has 0 saturated heterocycles. The lowest BCUT2D eigenvalue weighted by Gasteiger charge is -2.22. The van der Waals surface area contributed by atoms with E-state index in [9.17, 15) is 0 Å². The molecule has 1 N–H and O–H groups in total. The minimum atomic E-state index is -0.0933. The lowest BCUT2D eigenvalue weighted by atomic mass is 10.3. The topological polar surface area (TPSA) is 41.9 Å². The maximum atomic E-state index is 8.84. The van der Waals surface area contributed by atoms with Crippen LogP contribution in [0.2, 0.25) is 0 Å². The summed E-state index contributed by atoms with van der Waals surface area (Å²) in [6.45, 7) is 7.67. The molecule has 0 aromatic heterocycles.